The van der Waals surface area contributed by atoms with Crippen molar-refractivity contribution in [1.29, 1.82) is 0 Å². The van der Waals surface area contributed by atoms with E-state index >= 15 is 0 Å². The summed E-state index contributed by atoms with van der Waals surface area (Å²) in [6.45, 7) is 1.64. The Bertz CT molecular complexity index is 821. The Morgan fingerprint density at radius 1 is 1.12 bits per heavy atom. The molecular weight excluding hydrogens is 308 g/mol. The Kier molecular flexibility index (Phi) is 2.39. The fourth-order valence-corrected chi connectivity index (χ4v) is 5.27. The third-order valence-electron chi connectivity index (χ3n) is 6.50. The van der Waals surface area contributed by atoms with Gasteiger partial charge in [0.2, 0.25) is 11.8 Å². The Labute approximate surface area is 138 Å². The molecule has 0 aromatic heterocycles. The fraction of sp³-hybridized carbons (Fsp3) is 0.444. The van der Waals surface area contributed by atoms with Crippen molar-refractivity contribution >= 4 is 23.2 Å². The smallest absolute Gasteiger partial charge is 0.274 e. The number of aryl methyl sites for hydroxylation is 1. The van der Waals surface area contributed by atoms with Gasteiger partial charge in [0.25, 0.3) is 5.69 Å². The quantitative estimate of drug-likeness (QED) is 0.362. The van der Waals surface area contributed by atoms with Gasteiger partial charge in [0, 0.05) is 11.6 Å². The molecule has 6 nitrogen and oxygen atoms in total. The standard InChI is InChI=1S/C18H16N2O4/c1-9-2-3-10(8-13(9)20(23)24)19-16(21)14-11-4-5-12(15(14)17(19)22)18(11)6-7-18/h2-5,8,11-12,14-15H,6-7H2,1H3/t11-,12-,14+,15+/m1/s1. The van der Waals surface area contributed by atoms with Crippen molar-refractivity contribution in [2.75, 3.05) is 4.90 Å². The van der Waals surface area contributed by atoms with Crippen LogP contribution in [0.1, 0.15) is 18.4 Å². The van der Waals surface area contributed by atoms with Crippen molar-refractivity contribution in [2.24, 2.45) is 29.1 Å². The first-order valence-corrected chi connectivity index (χ1v) is 8.27. The maximum Gasteiger partial charge on any atom is 0.274 e. The van der Waals surface area contributed by atoms with Crippen LogP contribution in [0.25, 0.3) is 0 Å². The maximum absolute atomic E-state index is 13.0. The minimum atomic E-state index is -0.477. The SMILES string of the molecule is Cc1ccc(N2C(=O)[C@@H]3[C@@H](C2=O)[C@H]2C=C[C@H]3C23CC3)cc1[N+](=O)[O-]. The largest absolute Gasteiger partial charge is 0.274 e. The summed E-state index contributed by atoms with van der Waals surface area (Å²) in [5.74, 6) is -0.618. The van der Waals surface area contributed by atoms with Gasteiger partial charge in [0.15, 0.2) is 0 Å². The van der Waals surface area contributed by atoms with Crippen molar-refractivity contribution in [3.8, 4) is 0 Å². The van der Waals surface area contributed by atoms with Crippen molar-refractivity contribution in [1.82, 2.24) is 0 Å². The van der Waals surface area contributed by atoms with Crippen LogP contribution in [0.4, 0.5) is 11.4 Å². The molecule has 2 saturated carbocycles. The average Bonchev–Trinajstić information content (AvgIpc) is 3.14. The molecule has 1 saturated heterocycles. The summed E-state index contributed by atoms with van der Waals surface area (Å²) in [5.41, 5.74) is 0.930. The number of imide groups is 1. The van der Waals surface area contributed by atoms with Gasteiger partial charge in [-0.15, -0.1) is 0 Å². The number of benzene rings is 1. The summed E-state index contributed by atoms with van der Waals surface area (Å²) in [5, 5.41) is 11.2. The van der Waals surface area contributed by atoms with Crippen LogP contribution >= 0.6 is 0 Å². The zero-order valence-electron chi connectivity index (χ0n) is 13.1. The second-order valence-electron chi connectivity index (χ2n) is 7.46. The number of nitro groups is 1. The first-order valence-electron chi connectivity index (χ1n) is 8.27. The second-order valence-corrected chi connectivity index (χ2v) is 7.46. The average molecular weight is 324 g/mol. The summed E-state index contributed by atoms with van der Waals surface area (Å²) < 4.78 is 0. The minimum Gasteiger partial charge on any atom is -0.274 e. The Balaban J connectivity index is 1.56. The molecule has 24 heavy (non-hydrogen) atoms. The Morgan fingerprint density at radius 3 is 2.21 bits per heavy atom. The molecule has 1 aromatic rings. The third kappa shape index (κ3) is 1.42. The summed E-state index contributed by atoms with van der Waals surface area (Å²) in [6, 6.07) is 4.56. The maximum atomic E-state index is 13.0. The zero-order valence-corrected chi connectivity index (χ0v) is 13.1. The highest BCUT2D eigenvalue weighted by Crippen LogP contribution is 2.73. The second kappa shape index (κ2) is 4.12. The number of rotatable bonds is 2. The van der Waals surface area contributed by atoms with E-state index in [0.717, 1.165) is 12.8 Å². The van der Waals surface area contributed by atoms with Crippen LogP contribution in [0.15, 0.2) is 30.4 Å². The van der Waals surface area contributed by atoms with Crippen LogP contribution in [0.3, 0.4) is 0 Å². The predicted octanol–water partition coefficient (Wildman–Crippen LogP) is 2.60. The van der Waals surface area contributed by atoms with Crippen molar-refractivity contribution in [3.63, 3.8) is 0 Å². The number of carbonyl (C=O) groups is 2. The number of amides is 2. The van der Waals surface area contributed by atoms with Gasteiger partial charge in [-0.1, -0.05) is 18.2 Å². The normalized spacial score (nSPS) is 34.3. The molecule has 3 fully saturated rings. The van der Waals surface area contributed by atoms with Crippen LogP contribution in [0.5, 0.6) is 0 Å². The van der Waals surface area contributed by atoms with E-state index in [1.165, 1.54) is 11.0 Å². The monoisotopic (exact) mass is 324 g/mol. The highest BCUT2D eigenvalue weighted by molar-refractivity contribution is 6.23. The summed E-state index contributed by atoms with van der Waals surface area (Å²) in [6.07, 6.45) is 6.42. The summed E-state index contributed by atoms with van der Waals surface area (Å²) >= 11 is 0. The number of hydrogen-bond donors (Lipinski definition) is 0. The molecule has 4 atom stereocenters. The van der Waals surface area contributed by atoms with E-state index in [1.54, 1.807) is 19.1 Å². The van der Waals surface area contributed by atoms with Crippen LogP contribution in [-0.2, 0) is 9.59 Å². The lowest BCUT2D eigenvalue weighted by Gasteiger charge is -2.21. The van der Waals surface area contributed by atoms with Crippen LogP contribution in [0.2, 0.25) is 0 Å². The number of hydrogen-bond acceptors (Lipinski definition) is 4. The zero-order chi connectivity index (χ0) is 16.8. The van der Waals surface area contributed by atoms with Gasteiger partial charge in [-0.25, -0.2) is 4.90 Å². The number of anilines is 1. The minimum absolute atomic E-state index is 0.0649. The highest BCUT2D eigenvalue weighted by Gasteiger charge is 2.73. The summed E-state index contributed by atoms with van der Waals surface area (Å²) in [4.78, 5) is 37.8. The lowest BCUT2D eigenvalue weighted by Crippen LogP contribution is -2.34. The molecule has 3 aliphatic carbocycles. The van der Waals surface area contributed by atoms with Gasteiger partial charge in [0.1, 0.15) is 0 Å². The number of nitro benzene ring substituents is 1. The molecule has 1 aliphatic heterocycles. The van der Waals surface area contributed by atoms with E-state index in [9.17, 15) is 19.7 Å². The number of fused-ring (bicyclic) bond motifs is 3. The molecule has 6 heteroatoms. The van der Waals surface area contributed by atoms with Gasteiger partial charge >= 0.3 is 0 Å². The first-order chi connectivity index (χ1) is 11.5. The molecule has 2 bridgehead atoms. The molecule has 2 amide bonds. The summed E-state index contributed by atoms with van der Waals surface area (Å²) in [7, 11) is 0. The molecule has 0 radical (unpaired) electrons. The van der Waals surface area contributed by atoms with Crippen molar-refractivity contribution in [3.05, 3.63) is 46.0 Å². The van der Waals surface area contributed by atoms with E-state index < -0.39 is 4.92 Å². The molecule has 0 N–H and O–H groups in total. The lowest BCUT2D eigenvalue weighted by atomic mass is 9.85. The Morgan fingerprint density at radius 2 is 1.71 bits per heavy atom. The third-order valence-corrected chi connectivity index (χ3v) is 6.50. The highest BCUT2D eigenvalue weighted by atomic mass is 16.6. The van der Waals surface area contributed by atoms with E-state index in [0.29, 0.717) is 11.3 Å². The first kappa shape index (κ1) is 13.9. The van der Waals surface area contributed by atoms with Gasteiger partial charge in [0.05, 0.1) is 22.4 Å². The molecule has 122 valence electrons. The molecule has 1 aromatic carbocycles. The van der Waals surface area contributed by atoms with Gasteiger partial charge < -0.3 is 0 Å². The van der Waals surface area contributed by atoms with E-state index in [4.69, 9.17) is 0 Å². The molecule has 1 spiro atoms. The molecule has 0 unspecified atom stereocenters. The van der Waals surface area contributed by atoms with Crippen LogP contribution in [-0.4, -0.2) is 16.7 Å². The molecule has 4 aliphatic rings. The fourth-order valence-electron chi connectivity index (χ4n) is 5.27. The van der Waals surface area contributed by atoms with Crippen molar-refractivity contribution < 1.29 is 14.5 Å². The number of carbonyl (C=O) groups excluding carboxylic acids is 2. The van der Waals surface area contributed by atoms with Crippen molar-refractivity contribution in [2.45, 2.75) is 19.8 Å². The van der Waals surface area contributed by atoms with Gasteiger partial charge in [-0.3, -0.25) is 19.7 Å². The van der Waals surface area contributed by atoms with Gasteiger partial charge in [-0.2, -0.15) is 0 Å². The number of nitrogens with zero attached hydrogens (tertiary/aromatic N) is 2. The van der Waals surface area contributed by atoms with E-state index in [1.807, 2.05) is 0 Å². The predicted molar refractivity (Wildman–Crippen MR) is 85.1 cm³/mol. The van der Waals surface area contributed by atoms with Crippen LogP contribution < -0.4 is 4.90 Å². The number of allylic oxidation sites excluding steroid dienone is 2. The van der Waals surface area contributed by atoms with E-state index in [-0.39, 0.29) is 46.6 Å². The lowest BCUT2D eigenvalue weighted by molar-refractivity contribution is -0.385. The molecule has 1 heterocycles. The molecular formula is C18H16N2O4. The van der Waals surface area contributed by atoms with Gasteiger partial charge in [-0.05, 0) is 43.1 Å². The van der Waals surface area contributed by atoms with Crippen LogP contribution in [0, 0.1) is 46.1 Å². The Hall–Kier alpha value is -2.50. The van der Waals surface area contributed by atoms with E-state index in [2.05, 4.69) is 12.2 Å². The molecule has 5 rings (SSSR count). The topological polar surface area (TPSA) is 80.5 Å².